The Morgan fingerprint density at radius 1 is 1.18 bits per heavy atom. The number of hydrogen-bond donors (Lipinski definition) is 2. The maximum atomic E-state index is 12.1. The van der Waals surface area contributed by atoms with Gasteiger partial charge in [-0.05, 0) is 32.6 Å². The fraction of sp³-hybridized carbons (Fsp3) is 0.294. The molecule has 1 heterocycles. The summed E-state index contributed by atoms with van der Waals surface area (Å²) < 4.78 is 0. The van der Waals surface area contributed by atoms with Crippen molar-refractivity contribution in [1.29, 1.82) is 0 Å². The summed E-state index contributed by atoms with van der Waals surface area (Å²) in [6.45, 7) is 2.54. The smallest absolute Gasteiger partial charge is 0.252 e. The highest BCUT2D eigenvalue weighted by atomic mass is 16.1. The van der Waals surface area contributed by atoms with Crippen LogP contribution in [0.2, 0.25) is 0 Å². The lowest BCUT2D eigenvalue weighted by Crippen LogP contribution is -2.34. The number of nitrogens with zero attached hydrogens (tertiary/aromatic N) is 1. The van der Waals surface area contributed by atoms with Crippen molar-refractivity contribution in [3.05, 3.63) is 69.6 Å². The van der Waals surface area contributed by atoms with Crippen LogP contribution in [0.25, 0.3) is 0 Å². The van der Waals surface area contributed by atoms with Gasteiger partial charge in [0.15, 0.2) is 0 Å². The number of carbonyl (C=O) groups is 1. The molecule has 5 nitrogen and oxygen atoms in total. The van der Waals surface area contributed by atoms with Crippen molar-refractivity contribution in [2.24, 2.45) is 0 Å². The van der Waals surface area contributed by atoms with Gasteiger partial charge in [0.05, 0.1) is 11.6 Å². The van der Waals surface area contributed by atoms with Crippen LogP contribution < -0.4 is 10.9 Å². The van der Waals surface area contributed by atoms with Crippen LogP contribution in [-0.4, -0.2) is 36.4 Å². The third-order valence-electron chi connectivity index (χ3n) is 3.59. The molecule has 0 radical (unpaired) electrons. The quantitative estimate of drug-likeness (QED) is 0.883. The normalized spacial score (nSPS) is 12.2. The molecule has 0 spiro atoms. The maximum absolute atomic E-state index is 12.1. The van der Waals surface area contributed by atoms with E-state index in [2.05, 4.69) is 39.5 Å². The van der Waals surface area contributed by atoms with E-state index < -0.39 is 0 Å². The first-order chi connectivity index (χ1) is 10.5. The summed E-state index contributed by atoms with van der Waals surface area (Å²) in [6.07, 6.45) is 1.42. The summed E-state index contributed by atoms with van der Waals surface area (Å²) in [5.74, 6) is -0.199. The number of pyridine rings is 1. The molecule has 5 heteroatoms. The van der Waals surface area contributed by atoms with Crippen LogP contribution in [0.15, 0.2) is 47.4 Å². The number of aromatic amines is 1. The molecule has 116 valence electrons. The molecule has 2 N–H and O–H groups in total. The van der Waals surface area contributed by atoms with E-state index in [1.54, 1.807) is 0 Å². The van der Waals surface area contributed by atoms with Crippen molar-refractivity contribution >= 4 is 5.91 Å². The van der Waals surface area contributed by atoms with E-state index >= 15 is 0 Å². The number of rotatable bonds is 5. The van der Waals surface area contributed by atoms with Gasteiger partial charge in [-0.15, -0.1) is 0 Å². The largest absolute Gasteiger partial charge is 0.350 e. The Balaban J connectivity index is 2.06. The van der Waals surface area contributed by atoms with Gasteiger partial charge in [0.2, 0.25) is 5.56 Å². The fourth-order valence-corrected chi connectivity index (χ4v) is 2.23. The molecular formula is C17H21N3O2. The van der Waals surface area contributed by atoms with Gasteiger partial charge in [0, 0.05) is 18.8 Å². The predicted octanol–water partition coefficient (Wildman–Crippen LogP) is 1.72. The van der Waals surface area contributed by atoms with E-state index in [1.807, 2.05) is 21.0 Å². The summed E-state index contributed by atoms with van der Waals surface area (Å²) >= 11 is 0. The van der Waals surface area contributed by atoms with Gasteiger partial charge in [0.1, 0.15) is 0 Å². The topological polar surface area (TPSA) is 65.2 Å². The number of amides is 1. The molecule has 2 rings (SSSR count). The Morgan fingerprint density at radius 3 is 2.41 bits per heavy atom. The van der Waals surface area contributed by atoms with Crippen molar-refractivity contribution in [2.45, 2.75) is 13.0 Å². The molecule has 0 fully saturated rings. The van der Waals surface area contributed by atoms with Crippen LogP contribution in [0.3, 0.4) is 0 Å². The minimum absolute atomic E-state index is 0.0901. The van der Waals surface area contributed by atoms with Gasteiger partial charge >= 0.3 is 0 Å². The Morgan fingerprint density at radius 2 is 1.86 bits per heavy atom. The highest BCUT2D eigenvalue weighted by molar-refractivity contribution is 5.93. The van der Waals surface area contributed by atoms with Crippen LogP contribution in [0.4, 0.5) is 0 Å². The monoisotopic (exact) mass is 299 g/mol. The molecule has 0 saturated heterocycles. The van der Waals surface area contributed by atoms with Gasteiger partial charge in [-0.2, -0.15) is 0 Å². The number of carbonyl (C=O) groups excluding carboxylic acids is 1. The van der Waals surface area contributed by atoms with Gasteiger partial charge in [-0.3, -0.25) is 9.59 Å². The number of aromatic nitrogens is 1. The average molecular weight is 299 g/mol. The second-order valence-electron chi connectivity index (χ2n) is 5.54. The summed E-state index contributed by atoms with van der Waals surface area (Å²) in [5.41, 5.74) is 2.58. The third-order valence-corrected chi connectivity index (χ3v) is 3.59. The maximum Gasteiger partial charge on any atom is 0.252 e. The average Bonchev–Trinajstić information content (AvgIpc) is 2.49. The Kier molecular flexibility index (Phi) is 5.12. The highest BCUT2D eigenvalue weighted by Crippen LogP contribution is 2.18. The fourth-order valence-electron chi connectivity index (χ4n) is 2.23. The zero-order chi connectivity index (χ0) is 16.1. The first-order valence-corrected chi connectivity index (χ1v) is 7.17. The number of hydrogen-bond acceptors (Lipinski definition) is 3. The van der Waals surface area contributed by atoms with Crippen LogP contribution in [-0.2, 0) is 0 Å². The van der Waals surface area contributed by atoms with Gasteiger partial charge in [0.25, 0.3) is 5.91 Å². The lowest BCUT2D eigenvalue weighted by atomic mass is 10.0. The number of benzene rings is 1. The molecule has 0 aliphatic carbocycles. The molecule has 1 aromatic heterocycles. The molecule has 2 aromatic rings. The van der Waals surface area contributed by atoms with Crippen LogP contribution >= 0.6 is 0 Å². The first kappa shape index (κ1) is 16.0. The van der Waals surface area contributed by atoms with Gasteiger partial charge < -0.3 is 15.2 Å². The van der Waals surface area contributed by atoms with Crippen molar-refractivity contribution in [2.75, 3.05) is 20.6 Å². The molecule has 0 aliphatic heterocycles. The van der Waals surface area contributed by atoms with Crippen molar-refractivity contribution in [3.8, 4) is 0 Å². The van der Waals surface area contributed by atoms with E-state index in [9.17, 15) is 9.59 Å². The summed E-state index contributed by atoms with van der Waals surface area (Å²) in [6, 6.07) is 11.2. The lowest BCUT2D eigenvalue weighted by molar-refractivity contribution is 0.0941. The third kappa shape index (κ3) is 4.05. The highest BCUT2D eigenvalue weighted by Gasteiger charge is 2.15. The second-order valence-corrected chi connectivity index (χ2v) is 5.54. The Bertz CT molecular complexity index is 669. The van der Waals surface area contributed by atoms with E-state index in [0.717, 1.165) is 5.56 Å². The van der Waals surface area contributed by atoms with Gasteiger partial charge in [-0.25, -0.2) is 0 Å². The van der Waals surface area contributed by atoms with Crippen molar-refractivity contribution in [1.82, 2.24) is 15.2 Å². The van der Waals surface area contributed by atoms with E-state index in [1.165, 1.54) is 23.9 Å². The number of H-pyrrole nitrogens is 1. The van der Waals surface area contributed by atoms with Gasteiger partial charge in [-0.1, -0.05) is 29.8 Å². The Hall–Kier alpha value is -2.40. The van der Waals surface area contributed by atoms with Crippen molar-refractivity contribution in [3.63, 3.8) is 0 Å². The number of likely N-dealkylation sites (N-methyl/N-ethyl adjacent to an activating group) is 1. The minimum Gasteiger partial charge on any atom is -0.350 e. The van der Waals surface area contributed by atoms with E-state index in [0.29, 0.717) is 12.1 Å². The molecule has 1 aromatic carbocycles. The van der Waals surface area contributed by atoms with Crippen LogP contribution in [0.1, 0.15) is 27.5 Å². The SMILES string of the molecule is Cc1ccc(C(CNC(=O)c2ccc(=O)[nH]c2)N(C)C)cc1. The standard InChI is InChI=1S/C17H21N3O2/c1-12-4-6-13(7-5-12)15(20(2)3)11-19-17(22)14-8-9-16(21)18-10-14/h4-10,15H,11H2,1-3H3,(H,18,21)(H,19,22). The summed E-state index contributed by atoms with van der Waals surface area (Å²) in [4.78, 5) is 27.7. The van der Waals surface area contributed by atoms with Crippen molar-refractivity contribution < 1.29 is 4.79 Å². The van der Waals surface area contributed by atoms with E-state index in [4.69, 9.17) is 0 Å². The zero-order valence-corrected chi connectivity index (χ0v) is 13.1. The van der Waals surface area contributed by atoms with E-state index in [-0.39, 0.29) is 17.5 Å². The Labute approximate surface area is 130 Å². The minimum atomic E-state index is -0.220. The molecule has 1 amide bonds. The lowest BCUT2D eigenvalue weighted by Gasteiger charge is -2.25. The molecule has 1 atom stereocenters. The molecule has 1 unspecified atom stereocenters. The number of aryl methyl sites for hydroxylation is 1. The first-order valence-electron chi connectivity index (χ1n) is 7.17. The van der Waals surface area contributed by atoms with Crippen LogP contribution in [0.5, 0.6) is 0 Å². The summed E-state index contributed by atoms with van der Waals surface area (Å²) in [5, 5.41) is 2.91. The summed E-state index contributed by atoms with van der Waals surface area (Å²) in [7, 11) is 3.97. The molecular weight excluding hydrogens is 278 g/mol. The predicted molar refractivity (Wildman–Crippen MR) is 87.0 cm³/mol. The molecule has 22 heavy (non-hydrogen) atoms. The zero-order valence-electron chi connectivity index (χ0n) is 13.1. The second kappa shape index (κ2) is 7.04. The number of nitrogens with one attached hydrogen (secondary N) is 2. The molecule has 0 saturated carbocycles. The van der Waals surface area contributed by atoms with Crippen LogP contribution in [0, 0.1) is 6.92 Å². The molecule has 0 aliphatic rings. The molecule has 0 bridgehead atoms.